The molecule has 3 N–H and O–H groups in total. The van der Waals surface area contributed by atoms with E-state index < -0.39 is 46.5 Å². The fourth-order valence-electron chi connectivity index (χ4n) is 3.06. The zero-order chi connectivity index (χ0) is 28.6. The van der Waals surface area contributed by atoms with Gasteiger partial charge in [-0.2, -0.15) is 0 Å². The van der Waals surface area contributed by atoms with E-state index in [1.807, 2.05) is 13.8 Å². The minimum Gasteiger partial charge on any atom is -0.480 e. The Balaban J connectivity index is 3.34. The number of nitrogens with two attached hydrogens (primary N) is 1. The quantitative estimate of drug-likeness (QED) is 0.276. The van der Waals surface area contributed by atoms with Gasteiger partial charge >= 0.3 is 24.1 Å². The van der Waals surface area contributed by atoms with Gasteiger partial charge in [0.15, 0.2) is 11.5 Å². The second kappa shape index (κ2) is 12.9. The summed E-state index contributed by atoms with van der Waals surface area (Å²) >= 11 is 0. The van der Waals surface area contributed by atoms with Crippen LogP contribution >= 0.6 is 0 Å². The van der Waals surface area contributed by atoms with Crippen molar-refractivity contribution in [1.29, 1.82) is 0 Å². The molecule has 0 amide bonds. The standard InChI is InChI=1S/C27H41NO9/c1-9-25(5,6)22(31)36-19-13-12-18(14-20(19)37-23(32)26(7,8)10-2)16-27(28,21(29)30)15-17(4)35-24(33)34-11-3/h12-14,17H,9-11,15-16,28H2,1-8H3,(H,29,30)/t17-,27?/m0/s1. The Morgan fingerprint density at radius 3 is 1.89 bits per heavy atom. The summed E-state index contributed by atoms with van der Waals surface area (Å²) in [6.07, 6.45) is -1.12. The van der Waals surface area contributed by atoms with Gasteiger partial charge in [0.1, 0.15) is 11.6 Å². The van der Waals surface area contributed by atoms with E-state index in [9.17, 15) is 24.3 Å². The maximum Gasteiger partial charge on any atom is 0.508 e. The highest BCUT2D eigenvalue weighted by molar-refractivity contribution is 5.82. The maximum atomic E-state index is 12.8. The van der Waals surface area contributed by atoms with Crippen LogP contribution in [0.2, 0.25) is 0 Å². The van der Waals surface area contributed by atoms with Crippen LogP contribution in [0.4, 0.5) is 4.79 Å². The summed E-state index contributed by atoms with van der Waals surface area (Å²) in [5.41, 5.74) is 3.25. The predicted molar refractivity (Wildman–Crippen MR) is 136 cm³/mol. The van der Waals surface area contributed by atoms with Gasteiger partial charge in [0.05, 0.1) is 17.4 Å². The maximum absolute atomic E-state index is 12.8. The summed E-state index contributed by atoms with van der Waals surface area (Å²) in [5.74, 6) is -2.33. The Bertz CT molecular complexity index is 986. The van der Waals surface area contributed by atoms with E-state index in [0.717, 1.165) is 0 Å². The number of aliphatic carboxylic acids is 1. The number of carboxylic acids is 1. The fourth-order valence-corrected chi connectivity index (χ4v) is 3.06. The molecule has 1 rings (SSSR count). The lowest BCUT2D eigenvalue weighted by atomic mass is 9.86. The third-order valence-corrected chi connectivity index (χ3v) is 6.44. The van der Waals surface area contributed by atoms with Crippen LogP contribution < -0.4 is 15.2 Å². The Morgan fingerprint density at radius 2 is 1.43 bits per heavy atom. The lowest BCUT2D eigenvalue weighted by Crippen LogP contribution is -2.52. The van der Waals surface area contributed by atoms with Crippen LogP contribution in [0.25, 0.3) is 0 Å². The number of rotatable bonds is 13. The number of ether oxygens (including phenoxy) is 4. The van der Waals surface area contributed by atoms with Gasteiger partial charge in [0, 0.05) is 12.8 Å². The molecule has 0 saturated heterocycles. The Hall–Kier alpha value is -3.14. The van der Waals surface area contributed by atoms with Crippen LogP contribution in [0.15, 0.2) is 18.2 Å². The smallest absolute Gasteiger partial charge is 0.480 e. The van der Waals surface area contributed by atoms with Crippen LogP contribution in [-0.2, 0) is 30.3 Å². The summed E-state index contributed by atoms with van der Waals surface area (Å²) < 4.78 is 21.0. The first kappa shape index (κ1) is 31.9. The van der Waals surface area contributed by atoms with E-state index in [-0.39, 0.29) is 30.9 Å². The van der Waals surface area contributed by atoms with Gasteiger partial charge in [-0.3, -0.25) is 14.4 Å². The van der Waals surface area contributed by atoms with Gasteiger partial charge in [0.25, 0.3) is 0 Å². The zero-order valence-corrected chi connectivity index (χ0v) is 23.1. The molecule has 1 unspecified atom stereocenters. The van der Waals surface area contributed by atoms with Crippen LogP contribution in [0.1, 0.15) is 80.2 Å². The SMILES string of the molecule is CCOC(=O)O[C@@H](C)CC(N)(Cc1ccc(OC(=O)C(C)(C)CC)c(OC(=O)C(C)(C)CC)c1)C(=O)O. The molecule has 1 aromatic rings. The van der Waals surface area contributed by atoms with Gasteiger partial charge in [0.2, 0.25) is 0 Å². The van der Waals surface area contributed by atoms with Gasteiger partial charge < -0.3 is 29.8 Å². The molecule has 0 aliphatic carbocycles. The van der Waals surface area contributed by atoms with Crippen LogP contribution in [0, 0.1) is 10.8 Å². The lowest BCUT2D eigenvalue weighted by Gasteiger charge is -2.28. The molecule has 0 radical (unpaired) electrons. The van der Waals surface area contributed by atoms with E-state index in [2.05, 4.69) is 0 Å². The topological polar surface area (TPSA) is 151 Å². The van der Waals surface area contributed by atoms with Crippen molar-refractivity contribution in [3.63, 3.8) is 0 Å². The van der Waals surface area contributed by atoms with Gasteiger partial charge in [-0.25, -0.2) is 4.79 Å². The summed E-state index contributed by atoms with van der Waals surface area (Å²) in [4.78, 5) is 49.2. The minimum absolute atomic E-state index is 0.0205. The summed E-state index contributed by atoms with van der Waals surface area (Å²) in [7, 11) is 0. The van der Waals surface area contributed by atoms with Crippen molar-refractivity contribution in [2.24, 2.45) is 16.6 Å². The lowest BCUT2D eigenvalue weighted by molar-refractivity contribution is -0.147. The van der Waals surface area contributed by atoms with Crippen molar-refractivity contribution >= 4 is 24.1 Å². The first-order chi connectivity index (χ1) is 17.0. The number of carbonyl (C=O) groups excluding carboxylic acids is 3. The monoisotopic (exact) mass is 523 g/mol. The largest absolute Gasteiger partial charge is 0.508 e. The number of carboxylic acid groups (broad SMARTS) is 1. The van der Waals surface area contributed by atoms with Crippen molar-refractivity contribution in [2.45, 2.75) is 92.7 Å². The van der Waals surface area contributed by atoms with Crippen molar-refractivity contribution in [1.82, 2.24) is 0 Å². The molecule has 0 heterocycles. The summed E-state index contributed by atoms with van der Waals surface area (Å²) in [5, 5.41) is 9.87. The molecule has 10 nitrogen and oxygen atoms in total. The molecule has 0 aliphatic rings. The second-order valence-corrected chi connectivity index (χ2v) is 10.5. The zero-order valence-electron chi connectivity index (χ0n) is 23.1. The third-order valence-electron chi connectivity index (χ3n) is 6.44. The van der Waals surface area contributed by atoms with Crippen molar-refractivity contribution in [3.05, 3.63) is 23.8 Å². The third kappa shape index (κ3) is 9.03. The van der Waals surface area contributed by atoms with E-state index in [1.165, 1.54) is 19.1 Å². The highest BCUT2D eigenvalue weighted by Crippen LogP contribution is 2.35. The molecule has 2 atom stereocenters. The molecular weight excluding hydrogens is 482 g/mol. The fraction of sp³-hybridized carbons (Fsp3) is 0.630. The molecule has 208 valence electrons. The molecule has 0 spiro atoms. The van der Waals surface area contributed by atoms with Gasteiger partial charge in [-0.1, -0.05) is 19.9 Å². The number of carbonyl (C=O) groups is 4. The van der Waals surface area contributed by atoms with Crippen LogP contribution in [0.5, 0.6) is 11.5 Å². The van der Waals surface area contributed by atoms with E-state index in [1.54, 1.807) is 40.7 Å². The second-order valence-electron chi connectivity index (χ2n) is 10.5. The molecule has 0 bridgehead atoms. The Morgan fingerprint density at radius 1 is 0.919 bits per heavy atom. The van der Waals surface area contributed by atoms with Crippen molar-refractivity contribution in [3.8, 4) is 11.5 Å². The number of hydrogen-bond donors (Lipinski definition) is 2. The molecule has 0 aromatic heterocycles. The molecular formula is C27H41NO9. The highest BCUT2D eigenvalue weighted by Gasteiger charge is 2.38. The Kier molecular flexibility index (Phi) is 11.1. The van der Waals surface area contributed by atoms with E-state index in [4.69, 9.17) is 24.7 Å². The van der Waals surface area contributed by atoms with Crippen LogP contribution in [-0.4, -0.2) is 47.4 Å². The number of benzene rings is 1. The number of esters is 2. The van der Waals surface area contributed by atoms with Crippen molar-refractivity contribution in [2.75, 3.05) is 6.61 Å². The molecule has 0 saturated carbocycles. The number of hydrogen-bond acceptors (Lipinski definition) is 9. The van der Waals surface area contributed by atoms with E-state index >= 15 is 0 Å². The first-order valence-corrected chi connectivity index (χ1v) is 12.4. The molecule has 1 aromatic carbocycles. The Labute approximate surface area is 218 Å². The minimum atomic E-state index is -1.82. The van der Waals surface area contributed by atoms with E-state index in [0.29, 0.717) is 18.4 Å². The summed E-state index contributed by atoms with van der Waals surface area (Å²) in [6.45, 7) is 13.9. The van der Waals surface area contributed by atoms with Gasteiger partial charge in [-0.05, 0) is 72.1 Å². The van der Waals surface area contributed by atoms with Crippen molar-refractivity contribution < 1.29 is 43.2 Å². The predicted octanol–water partition coefficient (Wildman–Crippen LogP) is 4.65. The molecule has 37 heavy (non-hydrogen) atoms. The van der Waals surface area contributed by atoms with Gasteiger partial charge in [-0.15, -0.1) is 0 Å². The molecule has 0 fully saturated rings. The van der Waals surface area contributed by atoms with Crippen LogP contribution in [0.3, 0.4) is 0 Å². The summed E-state index contributed by atoms with van der Waals surface area (Å²) in [6, 6.07) is 4.43. The normalized spacial score (nSPS) is 14.2. The average molecular weight is 524 g/mol. The highest BCUT2D eigenvalue weighted by atomic mass is 16.7. The molecule has 0 aliphatic heterocycles. The molecule has 10 heteroatoms. The average Bonchev–Trinajstić information content (AvgIpc) is 2.80. The first-order valence-electron chi connectivity index (χ1n) is 12.4.